The van der Waals surface area contributed by atoms with Crippen LogP contribution in [0.25, 0.3) is 0 Å². The molecule has 0 aliphatic rings. The maximum Gasteiger partial charge on any atom is 0.137 e. The minimum absolute atomic E-state index is 0.229. The molecule has 0 spiro atoms. The van der Waals surface area contributed by atoms with Crippen molar-refractivity contribution in [1.29, 1.82) is 0 Å². The number of rotatable bonds is 3. The van der Waals surface area contributed by atoms with Crippen LogP contribution in [0.3, 0.4) is 0 Å². The van der Waals surface area contributed by atoms with Gasteiger partial charge < -0.3 is 5.73 Å². The molecule has 0 bridgehead atoms. The summed E-state index contributed by atoms with van der Waals surface area (Å²) in [5.41, 5.74) is 6.42. The first-order valence-corrected chi connectivity index (χ1v) is 5.78. The summed E-state index contributed by atoms with van der Waals surface area (Å²) in [7, 11) is 0. The van der Waals surface area contributed by atoms with Crippen LogP contribution >= 0.6 is 11.8 Å². The number of aromatic nitrogens is 1. The van der Waals surface area contributed by atoms with Gasteiger partial charge in [0.15, 0.2) is 0 Å². The zero-order valence-corrected chi connectivity index (χ0v) is 9.68. The Bertz CT molecular complexity index is 532. The summed E-state index contributed by atoms with van der Waals surface area (Å²) in [6, 6.07) is 5.12. The van der Waals surface area contributed by atoms with Crippen molar-refractivity contribution in [2.45, 2.75) is 16.3 Å². The van der Waals surface area contributed by atoms with Crippen LogP contribution in [-0.2, 0) is 6.54 Å². The van der Waals surface area contributed by atoms with Crippen molar-refractivity contribution in [1.82, 2.24) is 4.98 Å². The normalized spacial score (nSPS) is 10.5. The van der Waals surface area contributed by atoms with Gasteiger partial charge in [0.2, 0.25) is 0 Å². The second kappa shape index (κ2) is 5.25. The van der Waals surface area contributed by atoms with Crippen LogP contribution in [0.1, 0.15) is 5.56 Å². The second-order valence-corrected chi connectivity index (χ2v) is 4.45. The minimum atomic E-state index is -0.466. The van der Waals surface area contributed by atoms with Crippen LogP contribution in [0.4, 0.5) is 8.78 Å². The number of pyridine rings is 1. The van der Waals surface area contributed by atoms with Crippen LogP contribution in [-0.4, -0.2) is 4.98 Å². The summed E-state index contributed by atoms with van der Waals surface area (Å²) in [5, 5.41) is 0. The van der Waals surface area contributed by atoms with Gasteiger partial charge in [0.25, 0.3) is 0 Å². The maximum absolute atomic E-state index is 13.5. The van der Waals surface area contributed by atoms with E-state index in [0.29, 0.717) is 6.54 Å². The number of hydrogen-bond acceptors (Lipinski definition) is 3. The van der Waals surface area contributed by atoms with Gasteiger partial charge in [-0.2, -0.15) is 0 Å². The Hall–Kier alpha value is -1.46. The molecule has 0 unspecified atom stereocenters. The quantitative estimate of drug-likeness (QED) is 0.912. The third-order valence-corrected chi connectivity index (χ3v) is 3.32. The molecule has 0 saturated heterocycles. The standard InChI is InChI=1S/C12H10F2N2S/c13-9-1-2-10(14)11(5-9)17-12-7-16-4-3-8(12)6-15/h1-5,7H,6,15H2. The van der Waals surface area contributed by atoms with E-state index in [1.165, 1.54) is 0 Å². The predicted molar refractivity (Wildman–Crippen MR) is 62.6 cm³/mol. The van der Waals surface area contributed by atoms with Crippen LogP contribution in [0, 0.1) is 11.6 Å². The molecule has 88 valence electrons. The lowest BCUT2D eigenvalue weighted by Gasteiger charge is -2.07. The van der Waals surface area contributed by atoms with Gasteiger partial charge in [-0.1, -0.05) is 11.8 Å². The van der Waals surface area contributed by atoms with E-state index in [-0.39, 0.29) is 4.90 Å². The molecular weight excluding hydrogens is 242 g/mol. The molecule has 2 rings (SSSR count). The summed E-state index contributed by atoms with van der Waals surface area (Å²) >= 11 is 1.12. The molecule has 0 fully saturated rings. The van der Waals surface area contributed by atoms with Crippen molar-refractivity contribution in [2.75, 3.05) is 0 Å². The second-order valence-electron chi connectivity index (χ2n) is 3.36. The Morgan fingerprint density at radius 2 is 2.00 bits per heavy atom. The molecule has 0 amide bonds. The van der Waals surface area contributed by atoms with Crippen molar-refractivity contribution in [3.05, 3.63) is 53.9 Å². The molecule has 1 aromatic carbocycles. The Kier molecular flexibility index (Phi) is 3.71. The highest BCUT2D eigenvalue weighted by atomic mass is 32.2. The summed E-state index contributed by atoms with van der Waals surface area (Å²) in [5.74, 6) is -0.921. The van der Waals surface area contributed by atoms with Crippen molar-refractivity contribution in [3.8, 4) is 0 Å². The van der Waals surface area contributed by atoms with Gasteiger partial charge >= 0.3 is 0 Å². The van der Waals surface area contributed by atoms with E-state index < -0.39 is 11.6 Å². The van der Waals surface area contributed by atoms with E-state index in [9.17, 15) is 8.78 Å². The maximum atomic E-state index is 13.5. The molecule has 0 atom stereocenters. The number of nitrogens with zero attached hydrogens (tertiary/aromatic N) is 1. The minimum Gasteiger partial charge on any atom is -0.326 e. The van der Waals surface area contributed by atoms with Crippen molar-refractivity contribution >= 4 is 11.8 Å². The lowest BCUT2D eigenvalue weighted by atomic mass is 10.3. The fourth-order valence-electron chi connectivity index (χ4n) is 1.34. The molecule has 2 N–H and O–H groups in total. The summed E-state index contributed by atoms with van der Waals surface area (Å²) < 4.78 is 26.5. The number of nitrogens with two attached hydrogens (primary N) is 1. The monoisotopic (exact) mass is 252 g/mol. The van der Waals surface area contributed by atoms with Gasteiger partial charge in [-0.15, -0.1) is 0 Å². The lowest BCUT2D eigenvalue weighted by Crippen LogP contribution is -1.98. The van der Waals surface area contributed by atoms with E-state index in [1.54, 1.807) is 18.5 Å². The molecule has 2 aromatic rings. The average molecular weight is 252 g/mol. The Morgan fingerprint density at radius 1 is 1.18 bits per heavy atom. The van der Waals surface area contributed by atoms with Gasteiger partial charge in [0.05, 0.1) is 4.90 Å². The molecule has 17 heavy (non-hydrogen) atoms. The SMILES string of the molecule is NCc1ccncc1Sc1cc(F)ccc1F. The topological polar surface area (TPSA) is 38.9 Å². The fourth-order valence-corrected chi connectivity index (χ4v) is 2.31. The highest BCUT2D eigenvalue weighted by Gasteiger charge is 2.08. The number of benzene rings is 1. The Labute approximate surface area is 102 Å². The van der Waals surface area contributed by atoms with E-state index in [1.807, 2.05) is 0 Å². The van der Waals surface area contributed by atoms with Gasteiger partial charge in [0.1, 0.15) is 11.6 Å². The van der Waals surface area contributed by atoms with Crippen LogP contribution in [0.2, 0.25) is 0 Å². The first-order valence-electron chi connectivity index (χ1n) is 4.96. The zero-order chi connectivity index (χ0) is 12.3. The van der Waals surface area contributed by atoms with Crippen LogP contribution in [0.5, 0.6) is 0 Å². The smallest absolute Gasteiger partial charge is 0.137 e. The average Bonchev–Trinajstić information content (AvgIpc) is 2.34. The fraction of sp³-hybridized carbons (Fsp3) is 0.0833. The number of halogens is 2. The Balaban J connectivity index is 2.34. The highest BCUT2D eigenvalue weighted by molar-refractivity contribution is 7.99. The molecule has 1 aromatic heterocycles. The lowest BCUT2D eigenvalue weighted by molar-refractivity contribution is 0.577. The molecule has 0 aliphatic carbocycles. The third-order valence-electron chi connectivity index (χ3n) is 2.20. The highest BCUT2D eigenvalue weighted by Crippen LogP contribution is 2.31. The molecule has 0 aliphatic heterocycles. The molecule has 5 heteroatoms. The molecule has 1 heterocycles. The molecule has 0 radical (unpaired) electrons. The first-order chi connectivity index (χ1) is 8.20. The van der Waals surface area contributed by atoms with Crippen molar-refractivity contribution < 1.29 is 8.78 Å². The van der Waals surface area contributed by atoms with E-state index in [4.69, 9.17) is 5.73 Å². The van der Waals surface area contributed by atoms with Crippen molar-refractivity contribution in [2.24, 2.45) is 5.73 Å². The third kappa shape index (κ3) is 2.81. The van der Waals surface area contributed by atoms with Crippen molar-refractivity contribution in [3.63, 3.8) is 0 Å². The van der Waals surface area contributed by atoms with Gasteiger partial charge in [0, 0.05) is 23.8 Å². The predicted octanol–water partition coefficient (Wildman–Crippen LogP) is 2.97. The summed E-state index contributed by atoms with van der Waals surface area (Å²) in [6.45, 7) is 0.335. The molecule has 2 nitrogen and oxygen atoms in total. The van der Waals surface area contributed by atoms with Crippen LogP contribution < -0.4 is 5.73 Å². The largest absolute Gasteiger partial charge is 0.326 e. The first kappa shape index (κ1) is 12.0. The zero-order valence-electron chi connectivity index (χ0n) is 8.86. The van der Waals surface area contributed by atoms with Crippen LogP contribution in [0.15, 0.2) is 46.5 Å². The van der Waals surface area contributed by atoms with E-state index in [2.05, 4.69) is 4.98 Å². The van der Waals surface area contributed by atoms with Gasteiger partial charge in [-0.05, 0) is 29.8 Å². The molecule has 0 saturated carbocycles. The van der Waals surface area contributed by atoms with E-state index in [0.717, 1.165) is 40.4 Å². The van der Waals surface area contributed by atoms with Gasteiger partial charge in [-0.25, -0.2) is 8.78 Å². The van der Waals surface area contributed by atoms with E-state index >= 15 is 0 Å². The number of hydrogen-bond donors (Lipinski definition) is 1. The Morgan fingerprint density at radius 3 is 2.76 bits per heavy atom. The summed E-state index contributed by atoms with van der Waals surface area (Å²) in [4.78, 5) is 4.91. The van der Waals surface area contributed by atoms with Gasteiger partial charge in [-0.3, -0.25) is 4.98 Å². The summed E-state index contributed by atoms with van der Waals surface area (Å²) in [6.07, 6.45) is 3.21. The molecular formula is C12H10F2N2S.